The highest BCUT2D eigenvalue weighted by molar-refractivity contribution is 5.76. The van der Waals surface area contributed by atoms with Gasteiger partial charge in [0.15, 0.2) is 0 Å². The first-order valence-corrected chi connectivity index (χ1v) is 7.52. The molecule has 1 aromatic carbocycles. The topological polar surface area (TPSA) is 26.3 Å². The quantitative estimate of drug-likeness (QED) is 0.657. The van der Waals surface area contributed by atoms with E-state index in [4.69, 9.17) is 4.74 Å². The summed E-state index contributed by atoms with van der Waals surface area (Å²) in [5.74, 6) is -0.109. The molecule has 1 aromatic rings. The van der Waals surface area contributed by atoms with Crippen molar-refractivity contribution in [3.8, 4) is 0 Å². The van der Waals surface area contributed by atoms with Crippen molar-refractivity contribution in [2.45, 2.75) is 60.5 Å². The van der Waals surface area contributed by atoms with Crippen molar-refractivity contribution in [1.29, 1.82) is 0 Å². The summed E-state index contributed by atoms with van der Waals surface area (Å²) in [7, 11) is 0. The lowest BCUT2D eigenvalue weighted by Gasteiger charge is -2.39. The van der Waals surface area contributed by atoms with Crippen LogP contribution < -0.4 is 0 Å². The zero-order valence-corrected chi connectivity index (χ0v) is 13.5. The average Bonchev–Trinajstić information content (AvgIpc) is 2.43. The van der Waals surface area contributed by atoms with E-state index in [0.29, 0.717) is 6.61 Å². The smallest absolute Gasteiger partial charge is 0.312 e. The van der Waals surface area contributed by atoms with Gasteiger partial charge in [-0.3, -0.25) is 4.79 Å². The molecule has 0 atom stereocenters. The summed E-state index contributed by atoms with van der Waals surface area (Å²) in [6.07, 6.45) is 3.33. The zero-order chi connectivity index (χ0) is 15.2. The van der Waals surface area contributed by atoms with E-state index in [9.17, 15) is 4.79 Å². The molecule has 0 saturated carbocycles. The van der Waals surface area contributed by atoms with Gasteiger partial charge in [-0.25, -0.2) is 0 Å². The number of carbonyl (C=O) groups excluding carboxylic acids is 1. The van der Waals surface area contributed by atoms with Crippen LogP contribution >= 0.6 is 0 Å². The molecule has 2 heteroatoms. The van der Waals surface area contributed by atoms with Crippen molar-refractivity contribution in [2.24, 2.45) is 10.8 Å². The molecule has 0 aliphatic carbocycles. The predicted molar refractivity (Wildman–Crippen MR) is 83.3 cm³/mol. The Hall–Kier alpha value is -1.31. The highest BCUT2D eigenvalue weighted by atomic mass is 16.5. The molecule has 0 bridgehead atoms. The van der Waals surface area contributed by atoms with E-state index in [1.54, 1.807) is 0 Å². The Balaban J connectivity index is 2.64. The second kappa shape index (κ2) is 6.92. The minimum Gasteiger partial charge on any atom is -0.460 e. The lowest BCUT2D eigenvalue weighted by atomic mass is 9.65. The maximum atomic E-state index is 12.4. The lowest BCUT2D eigenvalue weighted by molar-refractivity contribution is -0.162. The summed E-state index contributed by atoms with van der Waals surface area (Å²) in [6.45, 7) is 10.8. The van der Waals surface area contributed by atoms with Crippen LogP contribution in [0.2, 0.25) is 0 Å². The molecule has 0 aliphatic rings. The van der Waals surface area contributed by atoms with Crippen LogP contribution in [0.4, 0.5) is 0 Å². The van der Waals surface area contributed by atoms with Crippen molar-refractivity contribution >= 4 is 5.97 Å². The van der Waals surface area contributed by atoms with Gasteiger partial charge in [0.05, 0.1) is 5.41 Å². The van der Waals surface area contributed by atoms with E-state index in [1.165, 1.54) is 0 Å². The molecule has 112 valence electrons. The van der Waals surface area contributed by atoms with Crippen LogP contribution in [0.25, 0.3) is 0 Å². The van der Waals surface area contributed by atoms with Gasteiger partial charge >= 0.3 is 5.97 Å². The van der Waals surface area contributed by atoms with Crippen molar-refractivity contribution in [2.75, 3.05) is 0 Å². The Bertz CT molecular complexity index is 418. The molecule has 0 aromatic heterocycles. The summed E-state index contributed by atoms with van der Waals surface area (Å²) in [5.41, 5.74) is 0.497. The Morgan fingerprint density at radius 2 is 1.70 bits per heavy atom. The van der Waals surface area contributed by atoms with Gasteiger partial charge in [-0.05, 0) is 31.2 Å². The van der Waals surface area contributed by atoms with Crippen molar-refractivity contribution < 1.29 is 9.53 Å². The minimum atomic E-state index is -0.475. The highest BCUT2D eigenvalue weighted by Gasteiger charge is 2.43. The van der Waals surface area contributed by atoms with Gasteiger partial charge in [-0.1, -0.05) is 63.9 Å². The van der Waals surface area contributed by atoms with E-state index in [0.717, 1.165) is 24.8 Å². The number of esters is 1. The van der Waals surface area contributed by atoms with Crippen molar-refractivity contribution in [1.82, 2.24) is 0 Å². The van der Waals surface area contributed by atoms with Crippen LogP contribution in [0, 0.1) is 10.8 Å². The van der Waals surface area contributed by atoms with Crippen molar-refractivity contribution in [3.63, 3.8) is 0 Å². The van der Waals surface area contributed by atoms with Crippen LogP contribution in [0.5, 0.6) is 0 Å². The number of hydrogen-bond acceptors (Lipinski definition) is 2. The first-order chi connectivity index (χ1) is 9.31. The van der Waals surface area contributed by atoms with Crippen molar-refractivity contribution in [3.05, 3.63) is 35.9 Å². The molecule has 0 saturated heterocycles. The van der Waals surface area contributed by atoms with E-state index in [-0.39, 0.29) is 11.4 Å². The Labute approximate surface area is 123 Å². The normalized spacial score (nSPS) is 12.2. The molecule has 0 radical (unpaired) electrons. The number of unbranched alkanes of at least 4 members (excludes halogenated alkanes) is 1. The molecule has 0 N–H and O–H groups in total. The van der Waals surface area contributed by atoms with E-state index in [2.05, 4.69) is 20.8 Å². The average molecular weight is 276 g/mol. The fourth-order valence-electron chi connectivity index (χ4n) is 2.11. The van der Waals surface area contributed by atoms with Crippen LogP contribution in [0.1, 0.15) is 59.4 Å². The Kier molecular flexibility index (Phi) is 5.79. The number of rotatable bonds is 7. The van der Waals surface area contributed by atoms with Crippen LogP contribution in [-0.4, -0.2) is 5.97 Å². The first-order valence-electron chi connectivity index (χ1n) is 7.52. The highest BCUT2D eigenvalue weighted by Crippen LogP contribution is 2.43. The van der Waals surface area contributed by atoms with Gasteiger partial charge < -0.3 is 4.74 Å². The summed E-state index contributed by atoms with van der Waals surface area (Å²) in [4.78, 5) is 12.4. The summed E-state index contributed by atoms with van der Waals surface area (Å²) in [5, 5.41) is 0. The van der Waals surface area contributed by atoms with Gasteiger partial charge in [-0.15, -0.1) is 0 Å². The third-order valence-corrected chi connectivity index (χ3v) is 4.57. The second-order valence-corrected chi connectivity index (χ2v) is 6.67. The van der Waals surface area contributed by atoms with E-state index < -0.39 is 5.41 Å². The third kappa shape index (κ3) is 4.09. The molecule has 2 nitrogen and oxygen atoms in total. The van der Waals surface area contributed by atoms with Crippen LogP contribution in [-0.2, 0) is 16.1 Å². The Morgan fingerprint density at radius 1 is 1.10 bits per heavy atom. The minimum absolute atomic E-state index is 0.0587. The van der Waals surface area contributed by atoms with E-state index >= 15 is 0 Å². The van der Waals surface area contributed by atoms with Crippen LogP contribution in [0.15, 0.2) is 30.3 Å². The number of ether oxygens (including phenoxy) is 1. The molecule has 20 heavy (non-hydrogen) atoms. The van der Waals surface area contributed by atoms with Gasteiger partial charge in [0.1, 0.15) is 6.61 Å². The first kappa shape index (κ1) is 16.7. The third-order valence-electron chi connectivity index (χ3n) is 4.57. The molecule has 0 aliphatic heterocycles. The molecule has 0 unspecified atom stereocenters. The zero-order valence-electron chi connectivity index (χ0n) is 13.5. The molecule has 0 fully saturated rings. The fraction of sp³-hybridized carbons (Fsp3) is 0.611. The fourth-order valence-corrected chi connectivity index (χ4v) is 2.11. The Morgan fingerprint density at radius 3 is 2.25 bits per heavy atom. The van der Waals surface area contributed by atoms with E-state index in [1.807, 2.05) is 44.2 Å². The van der Waals surface area contributed by atoms with Gasteiger partial charge in [0.25, 0.3) is 0 Å². The predicted octanol–water partition coefficient (Wildman–Crippen LogP) is 4.97. The lowest BCUT2D eigenvalue weighted by Crippen LogP contribution is -2.40. The molecular weight excluding hydrogens is 248 g/mol. The molecule has 1 rings (SSSR count). The molecule has 0 amide bonds. The summed E-state index contributed by atoms with van der Waals surface area (Å²) in [6, 6.07) is 9.83. The standard InChI is InChI=1S/C18H28O2/c1-6-7-13-17(2,3)18(4,5)16(19)20-14-15-11-9-8-10-12-15/h8-12H,6-7,13-14H2,1-5H3. The summed E-state index contributed by atoms with van der Waals surface area (Å²) < 4.78 is 5.52. The molecular formula is C18H28O2. The number of benzene rings is 1. The SMILES string of the molecule is CCCCC(C)(C)C(C)(C)C(=O)OCc1ccccc1. The monoisotopic (exact) mass is 276 g/mol. The van der Waals surface area contributed by atoms with Gasteiger partial charge in [0, 0.05) is 0 Å². The molecule has 0 spiro atoms. The number of carbonyl (C=O) groups is 1. The summed E-state index contributed by atoms with van der Waals surface area (Å²) >= 11 is 0. The number of hydrogen-bond donors (Lipinski definition) is 0. The second-order valence-electron chi connectivity index (χ2n) is 6.67. The maximum Gasteiger partial charge on any atom is 0.312 e. The van der Waals surface area contributed by atoms with Gasteiger partial charge in [0.2, 0.25) is 0 Å². The maximum absolute atomic E-state index is 12.4. The van der Waals surface area contributed by atoms with Crippen LogP contribution in [0.3, 0.4) is 0 Å². The largest absolute Gasteiger partial charge is 0.460 e. The molecule has 0 heterocycles. The van der Waals surface area contributed by atoms with Gasteiger partial charge in [-0.2, -0.15) is 0 Å².